The van der Waals surface area contributed by atoms with Gasteiger partial charge in [0.25, 0.3) is 0 Å². The number of aliphatic hydroxyl groups is 1. The van der Waals surface area contributed by atoms with E-state index in [-0.39, 0.29) is 30.1 Å². The molecule has 0 atom stereocenters. The number of rotatable bonds is 7. The number of nitrogens with zero attached hydrogens (tertiary/aromatic N) is 4. The lowest BCUT2D eigenvalue weighted by molar-refractivity contribution is 0.0824. The van der Waals surface area contributed by atoms with Gasteiger partial charge in [0.05, 0.1) is 6.10 Å². The first-order valence-corrected chi connectivity index (χ1v) is 11.4. The van der Waals surface area contributed by atoms with E-state index in [9.17, 15) is 5.11 Å². The van der Waals surface area contributed by atoms with E-state index in [2.05, 4.69) is 58.1 Å². The molecule has 6 nitrogen and oxygen atoms in total. The van der Waals surface area contributed by atoms with Crippen molar-refractivity contribution in [2.45, 2.75) is 45.8 Å². The molecule has 170 valence electrons. The van der Waals surface area contributed by atoms with E-state index in [0.29, 0.717) is 0 Å². The average Bonchev–Trinajstić information content (AvgIpc) is 2.72. The molecular formula is C23H40IN5O. The van der Waals surface area contributed by atoms with Crippen LogP contribution >= 0.6 is 24.0 Å². The van der Waals surface area contributed by atoms with Crippen molar-refractivity contribution in [3.05, 3.63) is 35.4 Å². The maximum atomic E-state index is 9.62. The standard InChI is InChI=1S/C23H39N5O.HI/c1-3-24-23(25-10-5-11-26-12-8-22(29)9-13-26)28-16-14-27(15-17-28)19-21-7-4-6-20(2)18-21;/h4,6-7,18,22,29H,3,5,8-17,19H2,1-2H3,(H,24,25);1H. The molecule has 0 unspecified atom stereocenters. The highest BCUT2D eigenvalue weighted by molar-refractivity contribution is 14.0. The number of piperazine rings is 1. The van der Waals surface area contributed by atoms with Crippen molar-refractivity contribution in [3.63, 3.8) is 0 Å². The number of aryl methyl sites for hydroxylation is 1. The third-order valence-corrected chi connectivity index (χ3v) is 5.95. The smallest absolute Gasteiger partial charge is 0.194 e. The van der Waals surface area contributed by atoms with E-state index in [1.165, 1.54) is 11.1 Å². The quantitative estimate of drug-likeness (QED) is 0.246. The van der Waals surface area contributed by atoms with Crippen LogP contribution in [0.3, 0.4) is 0 Å². The number of benzene rings is 1. The minimum absolute atomic E-state index is 0. The summed E-state index contributed by atoms with van der Waals surface area (Å²) in [5.41, 5.74) is 2.74. The first-order valence-electron chi connectivity index (χ1n) is 11.4. The summed E-state index contributed by atoms with van der Waals surface area (Å²) in [7, 11) is 0. The molecule has 2 aliphatic rings. The summed E-state index contributed by atoms with van der Waals surface area (Å²) in [6, 6.07) is 8.84. The summed E-state index contributed by atoms with van der Waals surface area (Å²) in [5.74, 6) is 1.07. The Bertz CT molecular complexity index is 640. The monoisotopic (exact) mass is 529 g/mol. The molecule has 2 aliphatic heterocycles. The van der Waals surface area contributed by atoms with Gasteiger partial charge in [-0.05, 0) is 45.2 Å². The minimum atomic E-state index is -0.0887. The van der Waals surface area contributed by atoms with Gasteiger partial charge in [-0.3, -0.25) is 9.89 Å². The fraction of sp³-hybridized carbons (Fsp3) is 0.696. The van der Waals surface area contributed by atoms with Crippen LogP contribution < -0.4 is 5.32 Å². The predicted molar refractivity (Wildman–Crippen MR) is 136 cm³/mol. The van der Waals surface area contributed by atoms with Gasteiger partial charge < -0.3 is 20.2 Å². The molecule has 2 heterocycles. The molecule has 0 amide bonds. The van der Waals surface area contributed by atoms with Gasteiger partial charge in [-0.2, -0.15) is 0 Å². The summed E-state index contributed by atoms with van der Waals surface area (Å²) in [5, 5.41) is 13.1. The number of aliphatic hydroxyl groups excluding tert-OH is 1. The minimum Gasteiger partial charge on any atom is -0.393 e. The van der Waals surface area contributed by atoms with Crippen LogP contribution in [0.1, 0.15) is 37.3 Å². The van der Waals surface area contributed by atoms with Gasteiger partial charge in [0, 0.05) is 58.9 Å². The fourth-order valence-corrected chi connectivity index (χ4v) is 4.23. The van der Waals surface area contributed by atoms with Crippen LogP contribution in [0.5, 0.6) is 0 Å². The SMILES string of the molecule is CCNC(=NCCCN1CCC(O)CC1)N1CCN(Cc2cccc(C)c2)CC1.I. The highest BCUT2D eigenvalue weighted by Gasteiger charge is 2.20. The first-order chi connectivity index (χ1) is 14.1. The van der Waals surface area contributed by atoms with Gasteiger partial charge in [0.15, 0.2) is 5.96 Å². The largest absolute Gasteiger partial charge is 0.393 e. The Balaban J connectivity index is 0.00000320. The van der Waals surface area contributed by atoms with Crippen LogP contribution in [-0.2, 0) is 6.54 Å². The van der Waals surface area contributed by atoms with Gasteiger partial charge >= 0.3 is 0 Å². The number of piperidine rings is 1. The molecule has 3 rings (SSSR count). The molecule has 2 saturated heterocycles. The van der Waals surface area contributed by atoms with E-state index in [1.54, 1.807) is 0 Å². The maximum Gasteiger partial charge on any atom is 0.194 e. The topological polar surface area (TPSA) is 54.3 Å². The third-order valence-electron chi connectivity index (χ3n) is 5.95. The summed E-state index contributed by atoms with van der Waals surface area (Å²) in [6.07, 6.45) is 2.82. The highest BCUT2D eigenvalue weighted by atomic mass is 127. The molecular weight excluding hydrogens is 489 g/mol. The van der Waals surface area contributed by atoms with Crippen molar-refractivity contribution in [1.82, 2.24) is 20.0 Å². The fourth-order valence-electron chi connectivity index (χ4n) is 4.23. The van der Waals surface area contributed by atoms with Crippen molar-refractivity contribution in [2.24, 2.45) is 4.99 Å². The van der Waals surface area contributed by atoms with Crippen LogP contribution in [0.4, 0.5) is 0 Å². The van der Waals surface area contributed by atoms with E-state index in [0.717, 1.165) is 90.7 Å². The van der Waals surface area contributed by atoms with Crippen molar-refractivity contribution in [2.75, 3.05) is 58.9 Å². The maximum absolute atomic E-state index is 9.62. The summed E-state index contributed by atoms with van der Waals surface area (Å²) in [4.78, 5) is 12.3. The van der Waals surface area contributed by atoms with Crippen molar-refractivity contribution < 1.29 is 5.11 Å². The van der Waals surface area contributed by atoms with Gasteiger partial charge in [-0.15, -0.1) is 24.0 Å². The molecule has 2 N–H and O–H groups in total. The molecule has 0 saturated carbocycles. The first kappa shape index (κ1) is 25.4. The Labute approximate surface area is 199 Å². The number of hydrogen-bond donors (Lipinski definition) is 2. The van der Waals surface area contributed by atoms with E-state index >= 15 is 0 Å². The molecule has 2 fully saturated rings. The third kappa shape index (κ3) is 8.32. The molecule has 7 heteroatoms. The van der Waals surface area contributed by atoms with E-state index in [4.69, 9.17) is 4.99 Å². The molecule has 0 spiro atoms. The van der Waals surface area contributed by atoms with Gasteiger partial charge in [0.2, 0.25) is 0 Å². The zero-order valence-electron chi connectivity index (χ0n) is 18.7. The van der Waals surface area contributed by atoms with Gasteiger partial charge in [-0.1, -0.05) is 29.8 Å². The second kappa shape index (κ2) is 13.5. The normalized spacial score (nSPS) is 19.6. The summed E-state index contributed by atoms with van der Waals surface area (Å²) >= 11 is 0. The predicted octanol–water partition coefficient (Wildman–Crippen LogP) is 2.54. The Kier molecular flexibility index (Phi) is 11.4. The lowest BCUT2D eigenvalue weighted by Crippen LogP contribution is -2.52. The number of halogens is 1. The van der Waals surface area contributed by atoms with Crippen LogP contribution in [0.25, 0.3) is 0 Å². The lowest BCUT2D eigenvalue weighted by Gasteiger charge is -2.36. The summed E-state index contributed by atoms with van der Waals surface area (Å²) in [6.45, 7) is 14.5. The molecule has 30 heavy (non-hydrogen) atoms. The number of nitrogens with one attached hydrogen (secondary N) is 1. The molecule has 0 bridgehead atoms. The Morgan fingerprint density at radius 1 is 1.10 bits per heavy atom. The van der Waals surface area contributed by atoms with Crippen LogP contribution in [0.2, 0.25) is 0 Å². The second-order valence-corrected chi connectivity index (χ2v) is 8.41. The van der Waals surface area contributed by atoms with Crippen LogP contribution in [-0.4, -0.2) is 90.8 Å². The van der Waals surface area contributed by atoms with Crippen molar-refractivity contribution in [1.29, 1.82) is 0 Å². The lowest BCUT2D eigenvalue weighted by atomic mass is 10.1. The zero-order valence-corrected chi connectivity index (χ0v) is 21.1. The van der Waals surface area contributed by atoms with Crippen molar-refractivity contribution >= 4 is 29.9 Å². The van der Waals surface area contributed by atoms with E-state index in [1.807, 2.05) is 0 Å². The summed E-state index contributed by atoms with van der Waals surface area (Å²) < 4.78 is 0. The average molecular weight is 530 g/mol. The molecule has 0 radical (unpaired) electrons. The molecule has 1 aromatic carbocycles. The van der Waals surface area contributed by atoms with E-state index < -0.39 is 0 Å². The zero-order chi connectivity index (χ0) is 20.5. The van der Waals surface area contributed by atoms with Crippen LogP contribution in [0.15, 0.2) is 29.3 Å². The van der Waals surface area contributed by atoms with Crippen molar-refractivity contribution in [3.8, 4) is 0 Å². The molecule has 0 aliphatic carbocycles. The Morgan fingerprint density at radius 3 is 2.50 bits per heavy atom. The Morgan fingerprint density at radius 2 is 1.83 bits per heavy atom. The molecule has 1 aromatic rings. The number of likely N-dealkylation sites (tertiary alicyclic amines) is 1. The highest BCUT2D eigenvalue weighted by Crippen LogP contribution is 2.12. The number of hydrogen-bond acceptors (Lipinski definition) is 4. The number of guanidine groups is 1. The van der Waals surface area contributed by atoms with Crippen LogP contribution in [0, 0.1) is 6.92 Å². The number of aliphatic imine (C=N–C) groups is 1. The molecule has 0 aromatic heterocycles. The Hall–Kier alpha value is -0.900. The van der Waals surface area contributed by atoms with Gasteiger partial charge in [-0.25, -0.2) is 0 Å². The van der Waals surface area contributed by atoms with Gasteiger partial charge in [0.1, 0.15) is 0 Å². The second-order valence-electron chi connectivity index (χ2n) is 8.41.